The number of nitrogens with one attached hydrogen (secondary N) is 1. The van der Waals surface area contributed by atoms with E-state index >= 15 is 0 Å². The van der Waals surface area contributed by atoms with Crippen LogP contribution >= 0.6 is 0 Å². The van der Waals surface area contributed by atoms with Gasteiger partial charge in [0, 0.05) is 44.6 Å². The van der Waals surface area contributed by atoms with Gasteiger partial charge >= 0.3 is 0 Å². The summed E-state index contributed by atoms with van der Waals surface area (Å²) >= 11 is 0. The van der Waals surface area contributed by atoms with E-state index in [1.165, 1.54) is 12.0 Å². The van der Waals surface area contributed by atoms with Crippen LogP contribution in [0.3, 0.4) is 0 Å². The fraction of sp³-hybridized carbons (Fsp3) is 0.650. The Labute approximate surface area is 151 Å². The number of hydrogen-bond donors (Lipinski definition) is 1. The van der Waals surface area contributed by atoms with E-state index in [-0.39, 0.29) is 5.41 Å². The highest BCUT2D eigenvalue weighted by atomic mass is 16.5. The zero-order valence-corrected chi connectivity index (χ0v) is 16.1. The highest BCUT2D eigenvalue weighted by molar-refractivity contribution is 5.80. The predicted octanol–water partition coefficient (Wildman–Crippen LogP) is 2.91. The fourth-order valence-electron chi connectivity index (χ4n) is 4.42. The first-order valence-corrected chi connectivity index (χ1v) is 9.16. The van der Waals surface area contributed by atoms with Gasteiger partial charge < -0.3 is 19.7 Å². The first-order valence-electron chi connectivity index (χ1n) is 9.16. The van der Waals surface area contributed by atoms with Crippen molar-refractivity contribution < 1.29 is 9.47 Å². The topological polar surface area (TPSA) is 46.1 Å². The second kappa shape index (κ2) is 7.24. The molecule has 3 atom stereocenters. The molecule has 1 aromatic carbocycles. The maximum absolute atomic E-state index is 6.01. The van der Waals surface area contributed by atoms with Gasteiger partial charge in [0.25, 0.3) is 0 Å². The average molecular weight is 345 g/mol. The number of aliphatic imine (C=N–C) groups is 1. The molecule has 0 aromatic heterocycles. The summed E-state index contributed by atoms with van der Waals surface area (Å²) in [7, 11) is 5.63. The molecule has 1 aromatic rings. The molecule has 0 spiro atoms. The van der Waals surface area contributed by atoms with E-state index < -0.39 is 0 Å². The number of nitrogens with zero attached hydrogens (tertiary/aromatic N) is 2. The van der Waals surface area contributed by atoms with Gasteiger partial charge in [-0.05, 0) is 30.5 Å². The van der Waals surface area contributed by atoms with Gasteiger partial charge in [-0.15, -0.1) is 0 Å². The molecular weight excluding hydrogens is 314 g/mol. The monoisotopic (exact) mass is 345 g/mol. The van der Waals surface area contributed by atoms with Crippen LogP contribution in [0.15, 0.2) is 29.3 Å². The molecule has 1 N–H and O–H groups in total. The van der Waals surface area contributed by atoms with E-state index in [2.05, 4.69) is 48.2 Å². The number of methoxy groups -OCH3 is 1. The Bertz CT molecular complexity index is 629. The van der Waals surface area contributed by atoms with Gasteiger partial charge in [0.15, 0.2) is 5.96 Å². The van der Waals surface area contributed by atoms with Crippen LogP contribution in [0.1, 0.15) is 32.3 Å². The summed E-state index contributed by atoms with van der Waals surface area (Å²) in [5, 5.41) is 3.71. The first-order chi connectivity index (χ1) is 12.0. The second-order valence-corrected chi connectivity index (χ2v) is 7.80. The predicted molar refractivity (Wildman–Crippen MR) is 101 cm³/mol. The van der Waals surface area contributed by atoms with Crippen molar-refractivity contribution in [3.63, 3.8) is 0 Å². The molecule has 1 aliphatic heterocycles. The summed E-state index contributed by atoms with van der Waals surface area (Å²) in [4.78, 5) is 6.68. The third-order valence-electron chi connectivity index (χ3n) is 5.74. The van der Waals surface area contributed by atoms with E-state index in [0.717, 1.165) is 31.3 Å². The fourth-order valence-corrected chi connectivity index (χ4v) is 4.42. The summed E-state index contributed by atoms with van der Waals surface area (Å²) in [5.74, 6) is 2.41. The van der Waals surface area contributed by atoms with Gasteiger partial charge in [0.1, 0.15) is 5.75 Å². The van der Waals surface area contributed by atoms with Crippen LogP contribution < -0.4 is 10.1 Å². The Morgan fingerprint density at radius 2 is 2.24 bits per heavy atom. The summed E-state index contributed by atoms with van der Waals surface area (Å²) in [6.45, 7) is 6.29. The Hall–Kier alpha value is -1.75. The van der Waals surface area contributed by atoms with Crippen LogP contribution in [0, 0.1) is 11.3 Å². The molecular formula is C20H31N3O2. The zero-order valence-electron chi connectivity index (χ0n) is 16.1. The maximum Gasteiger partial charge on any atom is 0.193 e. The zero-order chi connectivity index (χ0) is 18.0. The summed E-state index contributed by atoms with van der Waals surface area (Å²) in [6.07, 6.45) is 2.77. The number of fused-ring (bicyclic) bond motifs is 1. The molecule has 1 aliphatic carbocycles. The van der Waals surface area contributed by atoms with Crippen molar-refractivity contribution in [2.24, 2.45) is 16.3 Å². The number of hydrogen-bond acceptors (Lipinski definition) is 3. The van der Waals surface area contributed by atoms with Gasteiger partial charge in [-0.1, -0.05) is 26.0 Å². The van der Waals surface area contributed by atoms with E-state index in [0.29, 0.717) is 18.1 Å². The number of benzene rings is 1. The molecule has 5 nitrogen and oxygen atoms in total. The Balaban J connectivity index is 1.66. The first kappa shape index (κ1) is 18.1. The normalized spacial score (nSPS) is 27.9. The Morgan fingerprint density at radius 1 is 1.44 bits per heavy atom. The third-order valence-corrected chi connectivity index (χ3v) is 5.74. The quantitative estimate of drug-likeness (QED) is 0.673. The molecule has 3 rings (SSSR count). The van der Waals surface area contributed by atoms with Crippen molar-refractivity contribution in [1.82, 2.24) is 10.2 Å². The molecule has 0 amide bonds. The molecule has 1 heterocycles. The smallest absolute Gasteiger partial charge is 0.193 e. The van der Waals surface area contributed by atoms with Crippen molar-refractivity contribution in [3.8, 4) is 5.75 Å². The average Bonchev–Trinajstić information content (AvgIpc) is 2.62. The van der Waals surface area contributed by atoms with Crippen LogP contribution in [0.5, 0.6) is 5.75 Å². The van der Waals surface area contributed by atoms with Crippen LogP contribution in [0.2, 0.25) is 0 Å². The SMILES string of the molecule is CN=C(NC1C2CCCOC2C1(C)C)N(C)Cc1cccc(OC)c1. The van der Waals surface area contributed by atoms with Crippen LogP contribution in [0.25, 0.3) is 0 Å². The van der Waals surface area contributed by atoms with Gasteiger partial charge in [-0.25, -0.2) is 0 Å². The van der Waals surface area contributed by atoms with Crippen LogP contribution in [-0.2, 0) is 11.3 Å². The number of guanidine groups is 1. The van der Waals surface area contributed by atoms with Crippen LogP contribution in [0.4, 0.5) is 0 Å². The minimum Gasteiger partial charge on any atom is -0.497 e. The third kappa shape index (κ3) is 3.47. The van der Waals surface area contributed by atoms with Gasteiger partial charge in [-0.2, -0.15) is 0 Å². The highest BCUT2D eigenvalue weighted by Crippen LogP contribution is 2.51. The van der Waals surface area contributed by atoms with Gasteiger partial charge in [-0.3, -0.25) is 4.99 Å². The number of rotatable bonds is 4. The van der Waals surface area contributed by atoms with Gasteiger partial charge in [0.2, 0.25) is 0 Å². The lowest BCUT2D eigenvalue weighted by molar-refractivity contribution is -0.188. The van der Waals surface area contributed by atoms with E-state index in [4.69, 9.17) is 9.47 Å². The maximum atomic E-state index is 6.01. The van der Waals surface area contributed by atoms with Crippen molar-refractivity contribution in [3.05, 3.63) is 29.8 Å². The van der Waals surface area contributed by atoms with Crippen molar-refractivity contribution in [2.75, 3.05) is 27.8 Å². The van der Waals surface area contributed by atoms with Gasteiger partial charge in [0.05, 0.1) is 13.2 Å². The summed E-state index contributed by atoms with van der Waals surface area (Å²) in [6, 6.07) is 8.59. The van der Waals surface area contributed by atoms with Crippen molar-refractivity contribution >= 4 is 5.96 Å². The lowest BCUT2D eigenvalue weighted by atomic mass is 9.55. The van der Waals surface area contributed by atoms with Crippen molar-refractivity contribution in [2.45, 2.75) is 45.4 Å². The standard InChI is InChI=1S/C20H31N3O2/c1-20(2)17(16-10-7-11-25-18(16)20)22-19(21-3)23(4)13-14-8-6-9-15(12-14)24-5/h6,8-9,12,16-18H,7,10-11,13H2,1-5H3,(H,21,22). The van der Waals surface area contributed by atoms with E-state index in [9.17, 15) is 0 Å². The second-order valence-electron chi connectivity index (χ2n) is 7.80. The largest absolute Gasteiger partial charge is 0.497 e. The minimum absolute atomic E-state index is 0.137. The molecule has 0 bridgehead atoms. The summed E-state index contributed by atoms with van der Waals surface area (Å²) < 4.78 is 11.3. The van der Waals surface area contributed by atoms with E-state index in [1.54, 1.807) is 7.11 Å². The Kier molecular flexibility index (Phi) is 5.23. The Morgan fingerprint density at radius 3 is 2.96 bits per heavy atom. The number of ether oxygens (including phenoxy) is 2. The highest BCUT2D eigenvalue weighted by Gasteiger charge is 2.58. The molecule has 2 fully saturated rings. The summed E-state index contributed by atoms with van der Waals surface area (Å²) in [5.41, 5.74) is 1.34. The lowest BCUT2D eigenvalue weighted by Gasteiger charge is -2.60. The molecule has 25 heavy (non-hydrogen) atoms. The lowest BCUT2D eigenvalue weighted by Crippen LogP contribution is -2.71. The molecule has 1 saturated heterocycles. The molecule has 5 heteroatoms. The molecule has 2 aliphatic rings. The molecule has 1 saturated carbocycles. The molecule has 3 unspecified atom stereocenters. The molecule has 0 radical (unpaired) electrons. The molecule has 138 valence electrons. The van der Waals surface area contributed by atoms with Crippen LogP contribution in [-0.4, -0.2) is 50.8 Å². The van der Waals surface area contributed by atoms with Crippen molar-refractivity contribution in [1.29, 1.82) is 0 Å². The van der Waals surface area contributed by atoms with E-state index in [1.807, 2.05) is 19.2 Å². The minimum atomic E-state index is 0.137.